The molecule has 136 heavy (non-hydrogen) atoms. The largest absolute Gasteiger partial charge is 3.00 e. The second-order valence-electron chi connectivity index (χ2n) is 51.5. The van der Waals surface area contributed by atoms with E-state index in [1.807, 2.05) is 0 Å². The molecule has 0 amide bonds. The van der Waals surface area contributed by atoms with Gasteiger partial charge in [-0.25, -0.2) is 0 Å². The molecule has 12 saturated heterocycles. The van der Waals surface area contributed by atoms with Gasteiger partial charge in [-0.05, 0) is 154 Å². The fraction of sp³-hybridized carbons (Fsp3) is 1.00. The van der Waals surface area contributed by atoms with Gasteiger partial charge in [0.05, 0.1) is 0 Å². The van der Waals surface area contributed by atoms with Crippen LogP contribution in [0.5, 0.6) is 0 Å². The van der Waals surface area contributed by atoms with Crippen molar-refractivity contribution in [3.8, 4) is 0 Å². The molecule has 2 radical (unpaired) electrons. The van der Waals surface area contributed by atoms with Gasteiger partial charge in [0.1, 0.15) is 0 Å². The van der Waals surface area contributed by atoms with Gasteiger partial charge in [-0.15, -0.1) is 0 Å². The standard InChI is InChI=1S/8C6H18NSi2.12C4H8O.2K.2U/c8*1-8(2,3)7-9(4,5)6;12*1-2-4-5-3-1;;;;/h8*1-6H3;12*1-4H2;;;;/q8*-1;;;;;;;;;;;;;2*+1;2*+3. The minimum atomic E-state index is -1.11. The molecule has 0 aromatic carbocycles. The summed E-state index contributed by atoms with van der Waals surface area (Å²) in [6.07, 6.45) is 30.7. The minimum absolute atomic E-state index is 0. The molecule has 12 fully saturated rings. The summed E-state index contributed by atoms with van der Waals surface area (Å²) in [6.45, 7) is 134. The van der Waals surface area contributed by atoms with Crippen LogP contribution in [0.3, 0.4) is 0 Å². The van der Waals surface area contributed by atoms with Crippen LogP contribution >= 0.6 is 0 Å². The minimum Gasteiger partial charge on any atom is -0.668 e. The maximum absolute atomic E-state index is 4.94. The Hall–Kier alpha value is 8.05. The van der Waals surface area contributed by atoms with Crippen molar-refractivity contribution in [2.75, 3.05) is 159 Å². The van der Waals surface area contributed by atoms with Crippen molar-refractivity contribution in [3.63, 3.8) is 0 Å². The van der Waals surface area contributed by atoms with E-state index in [1.165, 1.54) is 154 Å². The van der Waals surface area contributed by atoms with E-state index < -0.39 is 132 Å². The van der Waals surface area contributed by atoms with Gasteiger partial charge < -0.3 is 94.0 Å². The number of nitrogens with zero attached hydrogens (tertiary/aromatic N) is 8. The van der Waals surface area contributed by atoms with Crippen LogP contribution in [-0.2, 0) is 56.8 Å². The molecule has 0 aromatic rings. The molecule has 12 heterocycles. The first-order valence-corrected chi connectivity index (χ1v) is 108. The first kappa shape index (κ1) is 169. The van der Waals surface area contributed by atoms with Crippen molar-refractivity contribution in [1.82, 2.24) is 0 Å². The number of hydrogen-bond donors (Lipinski definition) is 0. The Morgan fingerprint density at radius 2 is 0.132 bits per heavy atom. The zero-order valence-electron chi connectivity index (χ0n) is 101. The molecule has 0 N–H and O–H groups in total. The monoisotopic (exact) mass is 2700 g/mol. The van der Waals surface area contributed by atoms with E-state index in [0.717, 1.165) is 159 Å². The van der Waals surface area contributed by atoms with Gasteiger partial charge in [0.15, 0.2) is 0 Å². The van der Waals surface area contributed by atoms with E-state index in [0.29, 0.717) is 0 Å². The van der Waals surface area contributed by atoms with Crippen LogP contribution < -0.4 is 103 Å². The van der Waals surface area contributed by atoms with Crippen molar-refractivity contribution in [3.05, 3.63) is 37.2 Å². The summed E-state index contributed by atoms with van der Waals surface area (Å²) in [5.41, 5.74) is 0. The SMILES string of the molecule is C1CCOC1.C1CCOC1.C1CCOC1.C1CCOC1.C1CCOC1.C1CCOC1.C1CCOC1.C1CCOC1.C1CCOC1.C1CCOC1.C1CCOC1.C1CCOC1.C[Si](C)(C)[N-][Si](C)(C)C.C[Si](C)(C)[N-][Si](C)(C)C.C[Si](C)(C)[N-][Si](C)(C)C.C[Si](C)(C)[N-][Si](C)(C)C.C[Si](C)(C)[N-][Si](C)(C)C.C[Si](C)(C)[N-][Si](C)(C)C.C[Si](C)(C)[N-][Si](C)(C)C.C[Si](C)(C)[N-][Si](C)(C)C.[K+].[K+].[U+3].[U+3]. The molecule has 0 aromatic heterocycles. The summed E-state index contributed by atoms with van der Waals surface area (Å²) < 4.78 is 97.9. The molecule has 0 bridgehead atoms. The second-order valence-corrected chi connectivity index (χ2v) is 128. The van der Waals surface area contributed by atoms with E-state index in [1.54, 1.807) is 0 Å². The van der Waals surface area contributed by atoms with Crippen LogP contribution in [0.15, 0.2) is 0 Å². The Kier molecular flexibility index (Phi) is 121. The summed E-state index contributed by atoms with van der Waals surface area (Å²) in [6, 6.07) is 0. The summed E-state index contributed by atoms with van der Waals surface area (Å²) in [7, 11) is -17.7. The molecule has 810 valence electrons. The molecular weight excluding hydrogens is 2460 g/mol. The maximum atomic E-state index is 4.94. The van der Waals surface area contributed by atoms with Crippen LogP contribution in [0.1, 0.15) is 154 Å². The van der Waals surface area contributed by atoms with Crippen LogP contribution in [-0.4, -0.2) is 290 Å². The van der Waals surface area contributed by atoms with Gasteiger partial charge in [-0.2, -0.15) is 0 Å². The summed E-state index contributed by atoms with van der Waals surface area (Å²) in [4.78, 5) is 0. The smallest absolute Gasteiger partial charge is 0.668 e. The molecule has 0 aliphatic carbocycles. The van der Waals surface area contributed by atoms with E-state index in [4.69, 9.17) is 94.0 Å². The molecule has 0 saturated carbocycles. The van der Waals surface area contributed by atoms with Crippen LogP contribution in [0.25, 0.3) is 37.2 Å². The molecular formula is C96H240K2N8O12Si16U2. The van der Waals surface area contributed by atoms with Gasteiger partial charge in [0.25, 0.3) is 0 Å². The van der Waals surface area contributed by atoms with Gasteiger partial charge in [-0.3, -0.25) is 0 Å². The normalized spacial score (nSPS) is 18.0. The van der Waals surface area contributed by atoms with Crippen molar-refractivity contribution < 1.29 is 222 Å². The van der Waals surface area contributed by atoms with Gasteiger partial charge in [0, 0.05) is 159 Å². The Morgan fingerprint density at radius 3 is 0.140 bits per heavy atom. The van der Waals surface area contributed by atoms with E-state index in [-0.39, 0.29) is 165 Å². The molecule has 0 spiro atoms. The summed E-state index contributed by atoms with van der Waals surface area (Å²) in [5.74, 6) is 0. The fourth-order valence-corrected chi connectivity index (χ4v) is 78.6. The molecule has 12 aliphatic rings. The van der Waals surface area contributed by atoms with Crippen LogP contribution in [0.4, 0.5) is 0 Å². The Balaban J connectivity index is -0.000000119. The number of hydrogen-bond acceptors (Lipinski definition) is 12. The summed E-state index contributed by atoms with van der Waals surface area (Å²) in [5, 5.41) is 0. The zero-order chi connectivity index (χ0) is 104. The quantitative estimate of drug-likeness (QED) is 0.132. The van der Waals surface area contributed by atoms with Gasteiger partial charge >= 0.3 is 165 Å². The fourth-order valence-electron chi connectivity index (χ4n) is 14.2. The molecule has 40 heteroatoms. The van der Waals surface area contributed by atoms with Crippen molar-refractivity contribution >= 4 is 132 Å². The third-order valence-electron chi connectivity index (χ3n) is 15.3. The van der Waals surface area contributed by atoms with E-state index >= 15 is 0 Å². The first-order chi connectivity index (χ1) is 59.7. The Bertz CT molecular complexity index is 1700. The van der Waals surface area contributed by atoms with Gasteiger partial charge in [0.2, 0.25) is 0 Å². The Morgan fingerprint density at radius 1 is 0.0956 bits per heavy atom. The third kappa shape index (κ3) is 210. The van der Waals surface area contributed by atoms with Crippen molar-refractivity contribution in [1.29, 1.82) is 0 Å². The average molecular weight is 2700 g/mol. The van der Waals surface area contributed by atoms with Crippen molar-refractivity contribution in [2.24, 2.45) is 0 Å². The number of ether oxygens (including phenoxy) is 12. The van der Waals surface area contributed by atoms with Crippen LogP contribution in [0.2, 0.25) is 314 Å². The Labute approximate surface area is 1000 Å². The van der Waals surface area contributed by atoms with E-state index in [9.17, 15) is 0 Å². The first-order valence-electron chi connectivity index (χ1n) is 52.5. The van der Waals surface area contributed by atoms with Gasteiger partial charge in [-0.1, -0.05) is 446 Å². The van der Waals surface area contributed by atoms with Crippen molar-refractivity contribution in [2.45, 2.75) is 468 Å². The third-order valence-corrected chi connectivity index (χ3v) is 58.2. The molecule has 0 unspecified atom stereocenters. The summed E-state index contributed by atoms with van der Waals surface area (Å²) >= 11 is 0. The van der Waals surface area contributed by atoms with E-state index in [2.05, 4.69) is 314 Å². The molecule has 12 rings (SSSR count). The molecule has 12 aliphatic heterocycles. The number of rotatable bonds is 16. The topological polar surface area (TPSA) is 224 Å². The second kappa shape index (κ2) is 97.5. The van der Waals surface area contributed by atoms with Crippen LogP contribution in [0, 0.1) is 62.2 Å². The predicted molar refractivity (Wildman–Crippen MR) is 641 cm³/mol. The molecule has 0 atom stereocenters. The molecule has 20 nitrogen and oxygen atoms in total. The average Bonchev–Trinajstić information content (AvgIpc) is 1.40. The predicted octanol–water partition coefficient (Wildman–Crippen LogP) is 27.8. The zero-order valence-corrected chi connectivity index (χ0v) is 132. The maximum Gasteiger partial charge on any atom is 3.00 e.